The number of amides is 1. The number of carbonyl (C=O) groups is 1. The minimum atomic E-state index is -0.0576. The van der Waals surface area contributed by atoms with E-state index >= 15 is 0 Å². The van der Waals surface area contributed by atoms with Crippen LogP contribution in [-0.4, -0.2) is 64.1 Å². The molecule has 26 heavy (non-hydrogen) atoms. The Balaban J connectivity index is 2.61. The van der Waals surface area contributed by atoms with Crippen LogP contribution < -0.4 is 16.0 Å². The number of hydrogen-bond acceptors (Lipinski definition) is 3. The molecule has 1 rings (SSSR count). The van der Waals surface area contributed by atoms with Crippen LogP contribution in [0.4, 0.5) is 0 Å². The second kappa shape index (κ2) is 10.8. The predicted molar refractivity (Wildman–Crippen MR) is 110 cm³/mol. The summed E-state index contributed by atoms with van der Waals surface area (Å²) in [6.07, 6.45) is 0.830. The van der Waals surface area contributed by atoms with Crippen molar-refractivity contribution in [3.63, 3.8) is 0 Å². The van der Waals surface area contributed by atoms with Gasteiger partial charge in [-0.25, -0.2) is 0 Å². The van der Waals surface area contributed by atoms with Gasteiger partial charge >= 0.3 is 0 Å². The number of nitrogens with one attached hydrogen (secondary N) is 3. The molecule has 0 aliphatic rings. The average molecular weight is 362 g/mol. The van der Waals surface area contributed by atoms with E-state index in [2.05, 4.69) is 55.7 Å². The van der Waals surface area contributed by atoms with Crippen LogP contribution >= 0.6 is 0 Å². The van der Waals surface area contributed by atoms with Gasteiger partial charge in [0.1, 0.15) is 0 Å². The van der Waals surface area contributed by atoms with Crippen molar-refractivity contribution in [2.24, 2.45) is 10.4 Å². The highest BCUT2D eigenvalue weighted by molar-refractivity contribution is 5.94. The summed E-state index contributed by atoms with van der Waals surface area (Å²) in [4.78, 5) is 18.7. The topological polar surface area (TPSA) is 68.8 Å². The summed E-state index contributed by atoms with van der Waals surface area (Å²) in [5, 5.41) is 9.33. The molecule has 0 aliphatic carbocycles. The van der Waals surface area contributed by atoms with E-state index in [4.69, 9.17) is 4.99 Å². The summed E-state index contributed by atoms with van der Waals surface area (Å²) < 4.78 is 0. The molecule has 1 aromatic carbocycles. The Bertz CT molecular complexity index is 596. The molecule has 146 valence electrons. The van der Waals surface area contributed by atoms with E-state index in [1.807, 2.05) is 24.3 Å². The molecular formula is C20H35N5O. The van der Waals surface area contributed by atoms with Crippen molar-refractivity contribution in [2.45, 2.75) is 27.2 Å². The third-order valence-corrected chi connectivity index (χ3v) is 3.88. The monoisotopic (exact) mass is 361 g/mol. The van der Waals surface area contributed by atoms with Crippen LogP contribution in [0.5, 0.6) is 0 Å². The molecule has 6 heteroatoms. The summed E-state index contributed by atoms with van der Waals surface area (Å²) in [5.41, 5.74) is 1.94. The second-order valence-corrected chi connectivity index (χ2v) is 7.55. The van der Waals surface area contributed by atoms with Crippen molar-refractivity contribution in [1.82, 2.24) is 20.9 Å². The number of benzene rings is 1. The summed E-state index contributed by atoms with van der Waals surface area (Å²) in [5.74, 6) is 0.777. The number of nitrogens with zero attached hydrogens (tertiary/aromatic N) is 2. The maximum atomic E-state index is 11.7. The third kappa shape index (κ3) is 8.34. The zero-order chi connectivity index (χ0) is 19.6. The summed E-state index contributed by atoms with van der Waals surface area (Å²) in [7, 11) is 5.82. The molecule has 1 amide bonds. The van der Waals surface area contributed by atoms with Gasteiger partial charge in [0.2, 0.25) is 0 Å². The lowest BCUT2D eigenvalue weighted by atomic mass is 9.93. The molecule has 0 bridgehead atoms. The molecule has 1 aromatic rings. The fourth-order valence-electron chi connectivity index (χ4n) is 2.88. The van der Waals surface area contributed by atoms with E-state index < -0.39 is 0 Å². The third-order valence-electron chi connectivity index (χ3n) is 3.88. The van der Waals surface area contributed by atoms with E-state index in [9.17, 15) is 4.79 Å². The molecule has 0 saturated heterocycles. The Kier molecular flexibility index (Phi) is 9.13. The number of guanidine groups is 1. The summed E-state index contributed by atoms with van der Waals surface area (Å²) >= 11 is 0. The van der Waals surface area contributed by atoms with Crippen LogP contribution in [-0.2, 0) is 6.42 Å². The Morgan fingerprint density at radius 1 is 1.23 bits per heavy atom. The molecule has 0 saturated carbocycles. The fraction of sp³-hybridized carbons (Fsp3) is 0.600. The minimum Gasteiger partial charge on any atom is -0.357 e. The Labute approximate surface area is 158 Å². The van der Waals surface area contributed by atoms with Crippen LogP contribution in [0, 0.1) is 5.41 Å². The molecule has 0 spiro atoms. The van der Waals surface area contributed by atoms with Crippen molar-refractivity contribution in [1.29, 1.82) is 0 Å². The van der Waals surface area contributed by atoms with Crippen LogP contribution in [0.1, 0.15) is 36.7 Å². The first-order chi connectivity index (χ1) is 12.3. The zero-order valence-corrected chi connectivity index (χ0v) is 17.1. The lowest BCUT2D eigenvalue weighted by Crippen LogP contribution is -2.40. The molecular weight excluding hydrogens is 326 g/mol. The van der Waals surface area contributed by atoms with Gasteiger partial charge in [0, 0.05) is 38.8 Å². The van der Waals surface area contributed by atoms with Gasteiger partial charge in [0.25, 0.3) is 5.91 Å². The lowest BCUT2D eigenvalue weighted by Gasteiger charge is -2.26. The highest BCUT2D eigenvalue weighted by atomic mass is 16.1. The van der Waals surface area contributed by atoms with Gasteiger partial charge in [-0.2, -0.15) is 0 Å². The van der Waals surface area contributed by atoms with Gasteiger partial charge in [-0.1, -0.05) is 26.0 Å². The highest BCUT2D eigenvalue weighted by Crippen LogP contribution is 2.16. The van der Waals surface area contributed by atoms with Gasteiger partial charge in [-0.15, -0.1) is 0 Å². The molecule has 0 atom stereocenters. The molecule has 0 aromatic heterocycles. The largest absolute Gasteiger partial charge is 0.357 e. The van der Waals surface area contributed by atoms with Crippen molar-refractivity contribution >= 4 is 11.9 Å². The van der Waals surface area contributed by atoms with Crippen LogP contribution in [0.3, 0.4) is 0 Å². The van der Waals surface area contributed by atoms with Gasteiger partial charge in [-0.3, -0.25) is 9.79 Å². The Morgan fingerprint density at radius 2 is 1.96 bits per heavy atom. The molecule has 3 N–H and O–H groups in total. The van der Waals surface area contributed by atoms with Crippen molar-refractivity contribution in [3.05, 3.63) is 35.4 Å². The second-order valence-electron chi connectivity index (χ2n) is 7.55. The van der Waals surface area contributed by atoms with E-state index in [0.29, 0.717) is 5.56 Å². The SMILES string of the molecule is CCNC(=NCC(C)(C)CN(C)C)NCCc1cccc(C(=O)NC)c1. The number of carbonyl (C=O) groups excluding carboxylic acids is 1. The van der Waals surface area contributed by atoms with Crippen molar-refractivity contribution in [2.75, 3.05) is 47.3 Å². The van der Waals surface area contributed by atoms with Gasteiger partial charge in [0.15, 0.2) is 5.96 Å². The zero-order valence-electron chi connectivity index (χ0n) is 17.1. The number of hydrogen-bond donors (Lipinski definition) is 3. The van der Waals surface area contributed by atoms with Crippen molar-refractivity contribution in [3.8, 4) is 0 Å². The van der Waals surface area contributed by atoms with E-state index in [-0.39, 0.29) is 11.3 Å². The number of rotatable bonds is 9. The number of aliphatic imine (C=N–C) groups is 1. The van der Waals surface area contributed by atoms with Gasteiger partial charge in [-0.05, 0) is 50.6 Å². The molecule has 0 radical (unpaired) electrons. The standard InChI is InChI=1S/C20H35N5O/c1-7-22-19(24-14-20(2,3)15-25(5)6)23-12-11-16-9-8-10-17(13-16)18(26)21-4/h8-10,13H,7,11-12,14-15H2,1-6H3,(H,21,26)(H2,22,23,24). The first-order valence-electron chi connectivity index (χ1n) is 9.25. The summed E-state index contributed by atoms with van der Waals surface area (Å²) in [6.45, 7) is 9.85. The Morgan fingerprint density at radius 3 is 2.58 bits per heavy atom. The highest BCUT2D eigenvalue weighted by Gasteiger charge is 2.18. The first kappa shape index (κ1) is 22.0. The average Bonchev–Trinajstić information content (AvgIpc) is 2.58. The molecule has 0 aliphatic heterocycles. The molecule has 6 nitrogen and oxygen atoms in total. The van der Waals surface area contributed by atoms with Crippen LogP contribution in [0.25, 0.3) is 0 Å². The first-order valence-corrected chi connectivity index (χ1v) is 9.25. The van der Waals surface area contributed by atoms with Gasteiger partial charge in [0.05, 0.1) is 0 Å². The Hall–Kier alpha value is -2.08. The van der Waals surface area contributed by atoms with Crippen LogP contribution in [0.15, 0.2) is 29.3 Å². The molecule has 0 unspecified atom stereocenters. The molecule has 0 heterocycles. The van der Waals surface area contributed by atoms with Gasteiger partial charge < -0.3 is 20.9 Å². The fourth-order valence-corrected chi connectivity index (χ4v) is 2.88. The van der Waals surface area contributed by atoms with Crippen LogP contribution in [0.2, 0.25) is 0 Å². The normalized spacial score (nSPS) is 12.2. The van der Waals surface area contributed by atoms with E-state index in [0.717, 1.165) is 44.1 Å². The summed E-state index contributed by atoms with van der Waals surface area (Å²) in [6, 6.07) is 7.72. The maximum Gasteiger partial charge on any atom is 0.251 e. The predicted octanol–water partition coefficient (Wildman–Crippen LogP) is 1.73. The quantitative estimate of drug-likeness (QED) is 0.463. The lowest BCUT2D eigenvalue weighted by molar-refractivity contribution is 0.0963. The smallest absolute Gasteiger partial charge is 0.251 e. The molecule has 0 fully saturated rings. The van der Waals surface area contributed by atoms with E-state index in [1.165, 1.54) is 0 Å². The minimum absolute atomic E-state index is 0.0576. The van der Waals surface area contributed by atoms with Crippen molar-refractivity contribution < 1.29 is 4.79 Å². The van der Waals surface area contributed by atoms with E-state index in [1.54, 1.807) is 7.05 Å². The maximum absolute atomic E-state index is 11.7.